The van der Waals surface area contributed by atoms with Gasteiger partial charge in [0.2, 0.25) is 5.91 Å². The Morgan fingerprint density at radius 2 is 2.05 bits per heavy atom. The fourth-order valence-corrected chi connectivity index (χ4v) is 1.81. The molecule has 0 saturated carbocycles. The number of hydrogen-bond donors (Lipinski definition) is 2. The lowest BCUT2D eigenvalue weighted by atomic mass is 10.2. The summed E-state index contributed by atoms with van der Waals surface area (Å²) in [7, 11) is 2.76. The standard InChI is InChI=1S/C13H17ClN2O4.ClH/c1-19-9(7-15)6-12(17)16-8-3-4-10(11(14)5-8)13(18)20-2;/h3-5,9H,6-7,15H2,1-2H3,(H,16,17);1H. The fraction of sp³-hybridized carbons (Fsp3) is 0.385. The van der Waals surface area contributed by atoms with Gasteiger partial charge in [-0.25, -0.2) is 4.79 Å². The molecule has 0 aliphatic heterocycles. The number of ether oxygens (including phenoxy) is 2. The predicted molar refractivity (Wildman–Crippen MR) is 83.1 cm³/mol. The molecular formula is C13H18Cl2N2O4. The van der Waals surface area contributed by atoms with Gasteiger partial charge in [0.15, 0.2) is 0 Å². The lowest BCUT2D eigenvalue weighted by Gasteiger charge is -2.13. The van der Waals surface area contributed by atoms with Crippen LogP contribution in [0.4, 0.5) is 5.69 Å². The molecule has 1 aromatic rings. The number of carbonyl (C=O) groups excluding carboxylic acids is 2. The van der Waals surface area contributed by atoms with Crippen LogP contribution in [-0.4, -0.2) is 38.7 Å². The first-order chi connectivity index (χ1) is 9.51. The molecule has 0 fully saturated rings. The predicted octanol–water partition coefficient (Wildman–Crippen LogP) is 1.85. The maximum Gasteiger partial charge on any atom is 0.339 e. The molecule has 1 rings (SSSR count). The Balaban J connectivity index is 0.00000400. The van der Waals surface area contributed by atoms with Gasteiger partial charge in [-0.2, -0.15) is 0 Å². The number of benzene rings is 1. The number of nitrogens with two attached hydrogens (primary N) is 1. The van der Waals surface area contributed by atoms with Gasteiger partial charge >= 0.3 is 5.97 Å². The third-order valence-corrected chi connectivity index (χ3v) is 2.98. The first-order valence-corrected chi connectivity index (χ1v) is 6.30. The summed E-state index contributed by atoms with van der Waals surface area (Å²) in [4.78, 5) is 23.1. The highest BCUT2D eigenvalue weighted by Crippen LogP contribution is 2.21. The van der Waals surface area contributed by atoms with Crippen LogP contribution in [0.2, 0.25) is 5.02 Å². The summed E-state index contributed by atoms with van der Waals surface area (Å²) in [5.74, 6) is -0.778. The van der Waals surface area contributed by atoms with Crippen molar-refractivity contribution in [1.82, 2.24) is 0 Å². The summed E-state index contributed by atoms with van der Waals surface area (Å²) >= 11 is 5.95. The van der Waals surface area contributed by atoms with Gasteiger partial charge in [0.05, 0.1) is 30.2 Å². The fourth-order valence-electron chi connectivity index (χ4n) is 1.55. The summed E-state index contributed by atoms with van der Waals surface area (Å²) in [5.41, 5.74) is 6.17. The van der Waals surface area contributed by atoms with Crippen molar-refractivity contribution in [2.24, 2.45) is 5.73 Å². The highest BCUT2D eigenvalue weighted by atomic mass is 35.5. The number of nitrogens with one attached hydrogen (secondary N) is 1. The molecule has 8 heteroatoms. The second-order valence-corrected chi connectivity index (χ2v) is 4.44. The Morgan fingerprint density at radius 1 is 1.38 bits per heavy atom. The summed E-state index contributed by atoms with van der Waals surface area (Å²) in [6, 6.07) is 4.54. The van der Waals surface area contributed by atoms with Crippen LogP contribution in [0.5, 0.6) is 0 Å². The van der Waals surface area contributed by atoms with E-state index in [0.29, 0.717) is 5.69 Å². The highest BCUT2D eigenvalue weighted by Gasteiger charge is 2.14. The zero-order valence-corrected chi connectivity index (χ0v) is 13.3. The molecular weight excluding hydrogens is 319 g/mol. The third-order valence-electron chi connectivity index (χ3n) is 2.67. The molecule has 0 aliphatic rings. The maximum atomic E-state index is 11.7. The molecule has 0 radical (unpaired) electrons. The van der Waals surface area contributed by atoms with Crippen molar-refractivity contribution in [3.63, 3.8) is 0 Å². The number of anilines is 1. The normalized spacial score (nSPS) is 11.2. The van der Waals surface area contributed by atoms with E-state index in [0.717, 1.165) is 0 Å². The second-order valence-electron chi connectivity index (χ2n) is 4.03. The monoisotopic (exact) mass is 336 g/mol. The lowest BCUT2D eigenvalue weighted by Crippen LogP contribution is -2.28. The van der Waals surface area contributed by atoms with E-state index < -0.39 is 5.97 Å². The van der Waals surface area contributed by atoms with E-state index in [1.165, 1.54) is 26.4 Å². The molecule has 0 aliphatic carbocycles. The lowest BCUT2D eigenvalue weighted by molar-refractivity contribution is -0.118. The number of hydrogen-bond acceptors (Lipinski definition) is 5. The molecule has 0 heterocycles. The van der Waals surface area contributed by atoms with Gasteiger partial charge in [-0.15, -0.1) is 12.4 Å². The summed E-state index contributed by atoms with van der Waals surface area (Å²) in [5, 5.41) is 2.86. The van der Waals surface area contributed by atoms with Gasteiger partial charge in [-0.05, 0) is 18.2 Å². The van der Waals surface area contributed by atoms with Gasteiger partial charge < -0.3 is 20.5 Å². The Hall–Kier alpha value is -1.34. The molecule has 1 unspecified atom stereocenters. The summed E-state index contributed by atoms with van der Waals surface area (Å²) in [6.07, 6.45) is -0.191. The molecule has 21 heavy (non-hydrogen) atoms. The minimum absolute atomic E-state index is 0. The van der Waals surface area contributed by atoms with E-state index in [9.17, 15) is 9.59 Å². The Morgan fingerprint density at radius 3 is 2.52 bits per heavy atom. The van der Waals surface area contributed by atoms with E-state index >= 15 is 0 Å². The first-order valence-electron chi connectivity index (χ1n) is 5.92. The molecule has 6 nitrogen and oxygen atoms in total. The van der Waals surface area contributed by atoms with Crippen LogP contribution in [0.3, 0.4) is 0 Å². The van der Waals surface area contributed by atoms with E-state index in [1.807, 2.05) is 0 Å². The SMILES string of the molecule is COC(=O)c1ccc(NC(=O)CC(CN)OC)cc1Cl.Cl. The van der Waals surface area contributed by atoms with Gasteiger partial charge in [0, 0.05) is 19.3 Å². The van der Waals surface area contributed by atoms with Crippen molar-refractivity contribution in [3.05, 3.63) is 28.8 Å². The van der Waals surface area contributed by atoms with Crippen LogP contribution in [0, 0.1) is 0 Å². The van der Waals surface area contributed by atoms with Crippen molar-refractivity contribution in [2.75, 3.05) is 26.1 Å². The minimum atomic E-state index is -0.532. The number of amides is 1. The Labute approximate surface area is 134 Å². The van der Waals surface area contributed by atoms with Crippen molar-refractivity contribution in [1.29, 1.82) is 0 Å². The number of halogens is 2. The second kappa shape index (κ2) is 9.57. The smallest absolute Gasteiger partial charge is 0.339 e. The van der Waals surface area contributed by atoms with Gasteiger partial charge in [-0.1, -0.05) is 11.6 Å². The number of methoxy groups -OCH3 is 2. The van der Waals surface area contributed by atoms with Gasteiger partial charge in [0.1, 0.15) is 0 Å². The van der Waals surface area contributed by atoms with Crippen molar-refractivity contribution >= 4 is 41.6 Å². The van der Waals surface area contributed by atoms with Crippen LogP contribution < -0.4 is 11.1 Å². The first kappa shape index (κ1) is 19.7. The van der Waals surface area contributed by atoms with Crippen LogP contribution in [0.15, 0.2) is 18.2 Å². The number of carbonyl (C=O) groups is 2. The van der Waals surface area contributed by atoms with Crippen molar-refractivity contribution < 1.29 is 19.1 Å². The topological polar surface area (TPSA) is 90.7 Å². The summed E-state index contributed by atoms with van der Waals surface area (Å²) in [6.45, 7) is 0.256. The summed E-state index contributed by atoms with van der Waals surface area (Å²) < 4.78 is 9.60. The van der Waals surface area contributed by atoms with E-state index in [-0.39, 0.29) is 48.0 Å². The molecule has 0 bridgehead atoms. The molecule has 0 aromatic heterocycles. The average molecular weight is 337 g/mol. The Bertz CT molecular complexity index is 493. The Kier molecular flexibility index (Phi) is 8.96. The number of esters is 1. The van der Waals surface area contributed by atoms with Crippen molar-refractivity contribution in [2.45, 2.75) is 12.5 Å². The van der Waals surface area contributed by atoms with E-state index in [2.05, 4.69) is 10.1 Å². The molecule has 3 N–H and O–H groups in total. The largest absolute Gasteiger partial charge is 0.465 e. The molecule has 0 spiro atoms. The minimum Gasteiger partial charge on any atom is -0.465 e. The molecule has 1 amide bonds. The third kappa shape index (κ3) is 5.89. The highest BCUT2D eigenvalue weighted by molar-refractivity contribution is 6.33. The average Bonchev–Trinajstić information content (AvgIpc) is 2.44. The number of rotatable bonds is 6. The quantitative estimate of drug-likeness (QED) is 0.773. The van der Waals surface area contributed by atoms with Crippen molar-refractivity contribution in [3.8, 4) is 0 Å². The van der Waals surface area contributed by atoms with Crippen LogP contribution in [0.25, 0.3) is 0 Å². The van der Waals surface area contributed by atoms with E-state index in [4.69, 9.17) is 22.1 Å². The van der Waals surface area contributed by atoms with E-state index in [1.54, 1.807) is 6.07 Å². The van der Waals surface area contributed by atoms with Crippen LogP contribution in [0.1, 0.15) is 16.8 Å². The van der Waals surface area contributed by atoms with Crippen LogP contribution in [-0.2, 0) is 14.3 Å². The zero-order valence-electron chi connectivity index (χ0n) is 11.7. The zero-order chi connectivity index (χ0) is 15.1. The molecule has 1 atom stereocenters. The van der Waals surface area contributed by atoms with Gasteiger partial charge in [0.25, 0.3) is 0 Å². The molecule has 0 saturated heterocycles. The van der Waals surface area contributed by atoms with Gasteiger partial charge in [-0.3, -0.25) is 4.79 Å². The maximum absolute atomic E-state index is 11.7. The molecule has 118 valence electrons. The van der Waals surface area contributed by atoms with Crippen LogP contribution >= 0.6 is 24.0 Å². The molecule has 1 aromatic carbocycles.